The number of aliphatic imine (C=N–C) groups is 1. The van der Waals surface area contributed by atoms with Crippen LogP contribution in [0.15, 0.2) is 4.99 Å². The molecule has 324 valence electrons. The zero-order chi connectivity index (χ0) is 39.7. The van der Waals surface area contributed by atoms with Gasteiger partial charge in [0.25, 0.3) is 0 Å². The molecule has 0 spiro atoms. The van der Waals surface area contributed by atoms with Gasteiger partial charge < -0.3 is 19.3 Å². The van der Waals surface area contributed by atoms with E-state index in [1.807, 2.05) is 6.34 Å². The second-order valence-electron chi connectivity index (χ2n) is 16.9. The van der Waals surface area contributed by atoms with Gasteiger partial charge in [-0.2, -0.15) is 0 Å². The summed E-state index contributed by atoms with van der Waals surface area (Å²) in [5.41, 5.74) is 0. The summed E-state index contributed by atoms with van der Waals surface area (Å²) in [5, 5.41) is 0. The quantitative estimate of drug-likeness (QED) is 0.0454. The lowest BCUT2D eigenvalue weighted by molar-refractivity contribution is -0.149. The molecule has 1 heterocycles. The Labute approximate surface area is 342 Å². The number of nitrogens with zero attached hydrogens (tertiary/aromatic N) is 3. The SMILES string of the molecule is CCCCCCCCCOC(=O)CCCCCCCN(CCCCCCCOC(=O)C(CCCCCCCC)CCCCCCCC)CCCN1C=NCC1. The summed E-state index contributed by atoms with van der Waals surface area (Å²) in [6.07, 6.45) is 41.5. The fraction of sp³-hybridized carbons (Fsp3) is 0.938. The van der Waals surface area contributed by atoms with Crippen LogP contribution in [0.3, 0.4) is 0 Å². The van der Waals surface area contributed by atoms with Crippen molar-refractivity contribution < 1.29 is 19.1 Å². The van der Waals surface area contributed by atoms with Crippen LogP contribution in [0.2, 0.25) is 0 Å². The molecule has 0 unspecified atom stereocenters. The summed E-state index contributed by atoms with van der Waals surface area (Å²) in [4.78, 5) is 34.6. The van der Waals surface area contributed by atoms with Crippen LogP contribution in [0.1, 0.15) is 233 Å². The van der Waals surface area contributed by atoms with Crippen LogP contribution >= 0.6 is 0 Å². The Morgan fingerprint density at radius 2 is 0.982 bits per heavy atom. The molecule has 0 N–H and O–H groups in total. The number of carbonyl (C=O) groups is 2. The monoisotopic (exact) mass is 776 g/mol. The van der Waals surface area contributed by atoms with Crippen LogP contribution in [0.5, 0.6) is 0 Å². The van der Waals surface area contributed by atoms with E-state index in [4.69, 9.17) is 9.47 Å². The van der Waals surface area contributed by atoms with E-state index in [9.17, 15) is 9.59 Å². The molecule has 0 aromatic rings. The largest absolute Gasteiger partial charge is 0.466 e. The van der Waals surface area contributed by atoms with Gasteiger partial charge in [-0.25, -0.2) is 0 Å². The molecule has 0 aliphatic carbocycles. The molecule has 7 heteroatoms. The fourth-order valence-electron chi connectivity index (χ4n) is 7.85. The Hall–Kier alpha value is -1.63. The van der Waals surface area contributed by atoms with Crippen molar-refractivity contribution in [2.75, 3.05) is 52.5 Å². The molecule has 0 saturated heterocycles. The Bertz CT molecular complexity index is 852. The predicted molar refractivity (Wildman–Crippen MR) is 236 cm³/mol. The standard InChI is InChI=1S/C48H93N3O4/c1-4-7-10-13-16-24-31-43-54-47(52)36-28-21-17-22-29-38-50(40-33-41-51-42-37-49-45-51)39-30-23-18-25-32-44-55-48(53)46(34-26-19-14-11-8-5-2)35-27-20-15-12-9-6-3/h45-46H,4-44H2,1-3H3. The minimum Gasteiger partial charge on any atom is -0.466 e. The van der Waals surface area contributed by atoms with Gasteiger partial charge >= 0.3 is 11.9 Å². The van der Waals surface area contributed by atoms with Gasteiger partial charge in [0.1, 0.15) is 0 Å². The van der Waals surface area contributed by atoms with E-state index in [0.29, 0.717) is 19.6 Å². The number of hydrogen-bond acceptors (Lipinski definition) is 7. The fourth-order valence-corrected chi connectivity index (χ4v) is 7.85. The Kier molecular flexibility index (Phi) is 37.9. The first kappa shape index (κ1) is 51.4. The number of ether oxygens (including phenoxy) is 2. The highest BCUT2D eigenvalue weighted by Gasteiger charge is 2.19. The lowest BCUT2D eigenvalue weighted by Gasteiger charge is -2.24. The van der Waals surface area contributed by atoms with E-state index in [2.05, 4.69) is 35.6 Å². The van der Waals surface area contributed by atoms with Crippen molar-refractivity contribution in [2.45, 2.75) is 233 Å². The summed E-state index contributed by atoms with van der Waals surface area (Å²) in [7, 11) is 0. The molecule has 0 bridgehead atoms. The van der Waals surface area contributed by atoms with Gasteiger partial charge in [0, 0.05) is 19.5 Å². The third-order valence-electron chi connectivity index (χ3n) is 11.6. The van der Waals surface area contributed by atoms with Gasteiger partial charge in [0.15, 0.2) is 0 Å². The zero-order valence-corrected chi connectivity index (χ0v) is 37.1. The molecule has 0 atom stereocenters. The second-order valence-corrected chi connectivity index (χ2v) is 16.9. The van der Waals surface area contributed by atoms with Crippen molar-refractivity contribution in [3.63, 3.8) is 0 Å². The lowest BCUT2D eigenvalue weighted by Crippen LogP contribution is -2.30. The zero-order valence-electron chi connectivity index (χ0n) is 37.1. The van der Waals surface area contributed by atoms with Crippen LogP contribution < -0.4 is 0 Å². The van der Waals surface area contributed by atoms with Crippen LogP contribution in [0, 0.1) is 5.92 Å². The molecule has 0 saturated carbocycles. The minimum atomic E-state index is -0.00698. The third-order valence-corrected chi connectivity index (χ3v) is 11.6. The smallest absolute Gasteiger partial charge is 0.308 e. The van der Waals surface area contributed by atoms with Gasteiger partial charge in [0.05, 0.1) is 32.0 Å². The van der Waals surface area contributed by atoms with Gasteiger partial charge in [-0.1, -0.05) is 175 Å². The van der Waals surface area contributed by atoms with E-state index in [-0.39, 0.29) is 17.9 Å². The first-order valence-electron chi connectivity index (χ1n) is 24.4. The number of hydrogen-bond donors (Lipinski definition) is 0. The van der Waals surface area contributed by atoms with E-state index in [1.165, 1.54) is 174 Å². The number of esters is 2. The lowest BCUT2D eigenvalue weighted by atomic mass is 9.94. The first-order valence-corrected chi connectivity index (χ1v) is 24.4. The van der Waals surface area contributed by atoms with E-state index in [0.717, 1.165) is 71.1 Å². The average molecular weight is 776 g/mol. The molecule has 0 amide bonds. The van der Waals surface area contributed by atoms with Gasteiger partial charge in [0.2, 0.25) is 0 Å². The van der Waals surface area contributed by atoms with Crippen molar-refractivity contribution in [3.8, 4) is 0 Å². The van der Waals surface area contributed by atoms with E-state index in [1.54, 1.807) is 0 Å². The van der Waals surface area contributed by atoms with Gasteiger partial charge in [-0.15, -0.1) is 0 Å². The maximum atomic E-state index is 13.1. The number of rotatable bonds is 43. The number of unbranched alkanes of at least 4 members (excludes halogenated alkanes) is 24. The van der Waals surface area contributed by atoms with Gasteiger partial charge in [-0.05, 0) is 71.0 Å². The molecule has 1 rings (SSSR count). The highest BCUT2D eigenvalue weighted by Crippen LogP contribution is 2.21. The average Bonchev–Trinajstić information content (AvgIpc) is 3.71. The van der Waals surface area contributed by atoms with Crippen LogP contribution in [0.25, 0.3) is 0 Å². The maximum Gasteiger partial charge on any atom is 0.308 e. The number of carbonyl (C=O) groups excluding carboxylic acids is 2. The van der Waals surface area contributed by atoms with Crippen LogP contribution in [-0.4, -0.2) is 80.6 Å². The molecule has 0 aromatic heterocycles. The highest BCUT2D eigenvalue weighted by molar-refractivity contribution is 5.72. The third kappa shape index (κ3) is 34.2. The Morgan fingerprint density at radius 3 is 1.49 bits per heavy atom. The van der Waals surface area contributed by atoms with Crippen LogP contribution in [0.4, 0.5) is 0 Å². The normalized spacial score (nSPS) is 12.8. The maximum absolute atomic E-state index is 13.1. The summed E-state index contributed by atoms with van der Waals surface area (Å²) < 4.78 is 11.3. The summed E-state index contributed by atoms with van der Waals surface area (Å²) in [5.74, 6) is 0.177. The first-order chi connectivity index (χ1) is 27.1. The Balaban J connectivity index is 2.23. The summed E-state index contributed by atoms with van der Waals surface area (Å²) in [6, 6.07) is 0. The van der Waals surface area contributed by atoms with Crippen molar-refractivity contribution in [1.29, 1.82) is 0 Å². The predicted octanol–water partition coefficient (Wildman–Crippen LogP) is 13.3. The molecule has 0 aromatic carbocycles. The van der Waals surface area contributed by atoms with Crippen molar-refractivity contribution >= 4 is 18.3 Å². The highest BCUT2D eigenvalue weighted by atomic mass is 16.5. The minimum absolute atomic E-state index is 0.00698. The van der Waals surface area contributed by atoms with E-state index < -0.39 is 0 Å². The molecule has 55 heavy (non-hydrogen) atoms. The van der Waals surface area contributed by atoms with Gasteiger partial charge in [-0.3, -0.25) is 14.6 Å². The topological polar surface area (TPSA) is 71.4 Å². The summed E-state index contributed by atoms with van der Waals surface area (Å²) >= 11 is 0. The van der Waals surface area contributed by atoms with Crippen LogP contribution in [-0.2, 0) is 19.1 Å². The summed E-state index contributed by atoms with van der Waals surface area (Å²) in [6.45, 7) is 14.6. The van der Waals surface area contributed by atoms with Crippen molar-refractivity contribution in [2.24, 2.45) is 10.9 Å². The Morgan fingerprint density at radius 1 is 0.545 bits per heavy atom. The molecule has 0 radical (unpaired) electrons. The second kappa shape index (κ2) is 40.6. The van der Waals surface area contributed by atoms with E-state index >= 15 is 0 Å². The molecular weight excluding hydrogens is 683 g/mol. The molecule has 7 nitrogen and oxygen atoms in total. The molecule has 1 aliphatic heterocycles. The van der Waals surface area contributed by atoms with Crippen molar-refractivity contribution in [3.05, 3.63) is 0 Å². The molecule has 1 aliphatic rings. The molecule has 0 fully saturated rings. The molecular formula is C48H93N3O4. The van der Waals surface area contributed by atoms with Crippen molar-refractivity contribution in [1.82, 2.24) is 9.80 Å².